The minimum atomic E-state index is 0.312. The van der Waals surface area contributed by atoms with Gasteiger partial charge in [0.2, 0.25) is 0 Å². The van der Waals surface area contributed by atoms with E-state index in [1.165, 1.54) is 6.33 Å². The van der Waals surface area contributed by atoms with Gasteiger partial charge < -0.3 is 15.5 Å². The quantitative estimate of drug-likeness (QED) is 0.847. The first kappa shape index (κ1) is 12.4. The summed E-state index contributed by atoms with van der Waals surface area (Å²) in [7, 11) is 0. The Morgan fingerprint density at radius 3 is 2.53 bits per heavy atom. The molecule has 1 aliphatic rings. The summed E-state index contributed by atoms with van der Waals surface area (Å²) in [5.41, 5.74) is 6.37. The van der Waals surface area contributed by atoms with Crippen molar-refractivity contribution in [3.63, 3.8) is 0 Å². The van der Waals surface area contributed by atoms with E-state index in [0.717, 1.165) is 37.1 Å². The lowest BCUT2D eigenvalue weighted by Gasteiger charge is -2.35. The molecule has 100 valence electrons. The second-order valence-corrected chi connectivity index (χ2v) is 5.42. The fourth-order valence-corrected chi connectivity index (χ4v) is 2.92. The Morgan fingerprint density at radius 1 is 1.11 bits per heavy atom. The number of piperazine rings is 1. The first-order valence-corrected chi connectivity index (χ1v) is 7.17. The maximum atomic E-state index is 5.92. The molecule has 0 saturated carbocycles. The van der Waals surface area contributed by atoms with Gasteiger partial charge in [-0.2, -0.15) is 0 Å². The molecule has 3 heterocycles. The number of hydrogen-bond donors (Lipinski definition) is 1. The van der Waals surface area contributed by atoms with Crippen LogP contribution in [0.1, 0.15) is 0 Å². The summed E-state index contributed by atoms with van der Waals surface area (Å²) in [5, 5.41) is 3.37. The molecule has 0 spiro atoms. The summed E-state index contributed by atoms with van der Waals surface area (Å²) in [4.78, 5) is 16.8. The third-order valence-electron chi connectivity index (χ3n) is 3.08. The summed E-state index contributed by atoms with van der Waals surface area (Å²) in [5.74, 6) is 0.721. The van der Waals surface area contributed by atoms with Gasteiger partial charge in [0, 0.05) is 37.8 Å². The van der Waals surface area contributed by atoms with Crippen LogP contribution >= 0.6 is 22.9 Å². The molecule has 8 heteroatoms. The van der Waals surface area contributed by atoms with E-state index >= 15 is 0 Å². The molecular weight excluding hydrogens is 284 g/mol. The van der Waals surface area contributed by atoms with Gasteiger partial charge in [0.25, 0.3) is 0 Å². The molecule has 0 amide bonds. The molecule has 3 rings (SSSR count). The largest absolute Gasteiger partial charge is 0.393 e. The maximum Gasteiger partial charge on any atom is 0.185 e. The highest BCUT2D eigenvalue weighted by Crippen LogP contribution is 2.27. The number of nitrogens with zero attached hydrogens (tertiary/aromatic N) is 5. The van der Waals surface area contributed by atoms with Crippen molar-refractivity contribution in [2.45, 2.75) is 0 Å². The molecule has 19 heavy (non-hydrogen) atoms. The lowest BCUT2D eigenvalue weighted by atomic mass is 10.3. The third kappa shape index (κ3) is 2.43. The van der Waals surface area contributed by atoms with Crippen LogP contribution in [-0.2, 0) is 0 Å². The molecule has 2 aromatic heterocycles. The highest BCUT2D eigenvalue weighted by molar-refractivity contribution is 7.13. The molecule has 0 atom stereocenters. The van der Waals surface area contributed by atoms with Gasteiger partial charge in [-0.3, -0.25) is 0 Å². The number of hydrogen-bond acceptors (Lipinski definition) is 7. The molecule has 2 aromatic rings. The number of nitrogen functional groups attached to an aromatic ring is 1. The van der Waals surface area contributed by atoms with E-state index in [1.54, 1.807) is 11.3 Å². The van der Waals surface area contributed by atoms with Gasteiger partial charge >= 0.3 is 0 Å². The van der Waals surface area contributed by atoms with E-state index in [0.29, 0.717) is 10.8 Å². The average molecular weight is 297 g/mol. The minimum absolute atomic E-state index is 0.312. The first-order valence-electron chi connectivity index (χ1n) is 5.91. The standard InChI is InChI=1S/C11H13ClN6S/c12-9-8(13)10(16-7-15-9)17-2-4-18(5-3-17)11-14-1-6-19-11/h1,6-7H,2-5,13H2. The average Bonchev–Trinajstić information content (AvgIpc) is 2.96. The Hall–Kier alpha value is -1.60. The van der Waals surface area contributed by atoms with E-state index in [2.05, 4.69) is 24.8 Å². The van der Waals surface area contributed by atoms with Crippen LogP contribution in [0.3, 0.4) is 0 Å². The van der Waals surface area contributed by atoms with Gasteiger partial charge in [0.15, 0.2) is 16.1 Å². The normalized spacial score (nSPS) is 15.8. The lowest BCUT2D eigenvalue weighted by Crippen LogP contribution is -2.47. The maximum absolute atomic E-state index is 5.92. The number of nitrogens with two attached hydrogens (primary N) is 1. The summed E-state index contributed by atoms with van der Waals surface area (Å²) in [6.07, 6.45) is 3.27. The van der Waals surface area contributed by atoms with Crippen molar-refractivity contribution in [3.8, 4) is 0 Å². The Morgan fingerprint density at radius 2 is 1.84 bits per heavy atom. The van der Waals surface area contributed by atoms with Crippen LogP contribution in [0.25, 0.3) is 0 Å². The molecule has 1 aliphatic heterocycles. The van der Waals surface area contributed by atoms with Gasteiger partial charge in [-0.25, -0.2) is 15.0 Å². The van der Waals surface area contributed by atoms with Crippen LogP contribution in [-0.4, -0.2) is 41.1 Å². The molecule has 6 nitrogen and oxygen atoms in total. The predicted octanol–water partition coefficient (Wildman–Crippen LogP) is 1.50. The number of halogens is 1. The van der Waals surface area contributed by atoms with E-state index < -0.39 is 0 Å². The van der Waals surface area contributed by atoms with Gasteiger partial charge in [-0.05, 0) is 0 Å². The van der Waals surface area contributed by atoms with E-state index in [9.17, 15) is 0 Å². The second-order valence-electron chi connectivity index (χ2n) is 4.19. The molecular formula is C11H13ClN6S. The summed E-state index contributed by atoms with van der Waals surface area (Å²) < 4.78 is 0. The molecule has 1 saturated heterocycles. The summed E-state index contributed by atoms with van der Waals surface area (Å²) in [6, 6.07) is 0. The van der Waals surface area contributed by atoms with Crippen molar-refractivity contribution in [3.05, 3.63) is 23.1 Å². The molecule has 0 aliphatic carbocycles. The first-order chi connectivity index (χ1) is 9.25. The highest BCUT2D eigenvalue weighted by Gasteiger charge is 2.21. The zero-order valence-corrected chi connectivity index (χ0v) is 11.7. The van der Waals surface area contributed by atoms with Crippen LogP contribution in [0, 0.1) is 0 Å². The monoisotopic (exact) mass is 296 g/mol. The zero-order valence-electron chi connectivity index (χ0n) is 10.2. The second kappa shape index (κ2) is 5.18. The van der Waals surface area contributed by atoms with Crippen molar-refractivity contribution in [2.24, 2.45) is 0 Å². The van der Waals surface area contributed by atoms with Crippen LogP contribution in [0.2, 0.25) is 5.15 Å². The minimum Gasteiger partial charge on any atom is -0.393 e. The van der Waals surface area contributed by atoms with Crippen molar-refractivity contribution in [1.82, 2.24) is 15.0 Å². The predicted molar refractivity (Wildman–Crippen MR) is 78.0 cm³/mol. The van der Waals surface area contributed by atoms with E-state index in [1.807, 2.05) is 11.6 Å². The number of aromatic nitrogens is 3. The smallest absolute Gasteiger partial charge is 0.185 e. The lowest BCUT2D eigenvalue weighted by molar-refractivity contribution is 0.646. The Kier molecular flexibility index (Phi) is 3.39. The van der Waals surface area contributed by atoms with Gasteiger partial charge in [0.1, 0.15) is 12.0 Å². The Balaban J connectivity index is 1.72. The van der Waals surface area contributed by atoms with Crippen LogP contribution in [0.4, 0.5) is 16.6 Å². The number of thiazole rings is 1. The SMILES string of the molecule is Nc1c(Cl)ncnc1N1CCN(c2nccs2)CC1. The number of rotatable bonds is 2. The van der Waals surface area contributed by atoms with Gasteiger partial charge in [0.05, 0.1) is 0 Å². The Labute approximate surface area is 119 Å². The van der Waals surface area contributed by atoms with Gasteiger partial charge in [-0.15, -0.1) is 11.3 Å². The molecule has 0 unspecified atom stereocenters. The van der Waals surface area contributed by atoms with Crippen LogP contribution in [0.15, 0.2) is 17.9 Å². The molecule has 0 aromatic carbocycles. The topological polar surface area (TPSA) is 71.2 Å². The van der Waals surface area contributed by atoms with Crippen molar-refractivity contribution < 1.29 is 0 Å². The van der Waals surface area contributed by atoms with E-state index in [4.69, 9.17) is 17.3 Å². The third-order valence-corrected chi connectivity index (χ3v) is 4.22. The zero-order chi connectivity index (χ0) is 13.2. The Bertz CT molecular complexity index is 552. The fourth-order valence-electron chi connectivity index (χ4n) is 2.10. The van der Waals surface area contributed by atoms with Crippen molar-refractivity contribution >= 4 is 39.6 Å². The van der Waals surface area contributed by atoms with Crippen molar-refractivity contribution in [1.29, 1.82) is 0 Å². The molecule has 0 radical (unpaired) electrons. The van der Waals surface area contributed by atoms with E-state index in [-0.39, 0.29) is 0 Å². The molecule has 1 fully saturated rings. The van der Waals surface area contributed by atoms with Crippen molar-refractivity contribution in [2.75, 3.05) is 41.7 Å². The molecule has 0 bridgehead atoms. The van der Waals surface area contributed by atoms with Crippen LogP contribution in [0.5, 0.6) is 0 Å². The summed E-state index contributed by atoms with van der Waals surface area (Å²) >= 11 is 7.58. The van der Waals surface area contributed by atoms with Crippen LogP contribution < -0.4 is 15.5 Å². The molecule has 2 N–H and O–H groups in total. The number of anilines is 3. The fraction of sp³-hybridized carbons (Fsp3) is 0.364. The summed E-state index contributed by atoms with van der Waals surface area (Å²) in [6.45, 7) is 3.48. The highest BCUT2D eigenvalue weighted by atomic mass is 35.5. The van der Waals surface area contributed by atoms with Gasteiger partial charge in [-0.1, -0.05) is 11.6 Å².